The summed E-state index contributed by atoms with van der Waals surface area (Å²) in [6, 6.07) is 1.96. The summed E-state index contributed by atoms with van der Waals surface area (Å²) in [5, 5.41) is 9.35. The molecule has 6 heteroatoms. The number of benzene rings is 1. The highest BCUT2D eigenvalue weighted by atomic mass is 35.5. The second kappa shape index (κ2) is 3.13. The molecule has 3 N–H and O–H groups in total. The molecule has 4 nitrogen and oxygen atoms in total. The number of hydrogen-bond donors (Lipinski definition) is 2. The molecule has 0 radical (unpaired) electrons. The van der Waals surface area contributed by atoms with Crippen LogP contribution in [-0.2, 0) is 0 Å². The maximum absolute atomic E-state index is 13.0. The molecule has 0 spiro atoms. The fourth-order valence-corrected chi connectivity index (χ4v) is 1.47. The highest BCUT2D eigenvalue weighted by molar-refractivity contribution is 6.35. The van der Waals surface area contributed by atoms with Gasteiger partial charge in [-0.15, -0.1) is 0 Å². The summed E-state index contributed by atoms with van der Waals surface area (Å²) in [6.07, 6.45) is 0. The number of nitrogen functional groups attached to an aromatic ring is 1. The molecule has 0 aliphatic rings. The average Bonchev–Trinajstić information content (AvgIpc) is 2.17. The number of anilines is 1. The minimum Gasteiger partial charge on any atom is -0.505 e. The van der Waals surface area contributed by atoms with E-state index in [0.717, 1.165) is 12.1 Å². The molecule has 1 aromatic carbocycles. The van der Waals surface area contributed by atoms with Crippen molar-refractivity contribution in [3.8, 4) is 5.75 Å². The van der Waals surface area contributed by atoms with Gasteiger partial charge in [0.25, 0.3) is 0 Å². The zero-order valence-electron chi connectivity index (χ0n) is 7.25. The van der Waals surface area contributed by atoms with E-state index in [0.29, 0.717) is 0 Å². The van der Waals surface area contributed by atoms with Crippen LogP contribution in [0.15, 0.2) is 21.3 Å². The SMILES string of the molecule is Nc1c(O)c2cc(F)cc(Cl)c2oc1=O. The van der Waals surface area contributed by atoms with Gasteiger partial charge in [-0.25, -0.2) is 9.18 Å². The van der Waals surface area contributed by atoms with Crippen LogP contribution in [0.1, 0.15) is 0 Å². The Balaban J connectivity index is 3.05. The van der Waals surface area contributed by atoms with Crippen LogP contribution in [0.25, 0.3) is 11.0 Å². The lowest BCUT2D eigenvalue weighted by molar-refractivity contribution is 0.471. The Morgan fingerprint density at radius 3 is 2.80 bits per heavy atom. The Morgan fingerprint density at radius 1 is 1.47 bits per heavy atom. The molecule has 0 aliphatic carbocycles. The quantitative estimate of drug-likeness (QED) is 0.676. The van der Waals surface area contributed by atoms with Crippen molar-refractivity contribution in [3.05, 3.63) is 33.4 Å². The second-order valence-electron chi connectivity index (χ2n) is 2.92. The molecule has 15 heavy (non-hydrogen) atoms. The monoisotopic (exact) mass is 229 g/mol. The minimum absolute atomic E-state index is 0.0305. The van der Waals surface area contributed by atoms with Gasteiger partial charge in [0, 0.05) is 0 Å². The normalized spacial score (nSPS) is 10.8. The molecule has 0 unspecified atom stereocenters. The van der Waals surface area contributed by atoms with Gasteiger partial charge in [-0.05, 0) is 12.1 Å². The van der Waals surface area contributed by atoms with Crippen molar-refractivity contribution in [2.45, 2.75) is 0 Å². The molecule has 1 heterocycles. The molecule has 0 amide bonds. The zero-order chi connectivity index (χ0) is 11.2. The summed E-state index contributed by atoms with van der Waals surface area (Å²) in [6.45, 7) is 0. The van der Waals surface area contributed by atoms with E-state index >= 15 is 0 Å². The maximum atomic E-state index is 13.0. The van der Waals surface area contributed by atoms with Gasteiger partial charge in [-0.1, -0.05) is 11.6 Å². The van der Waals surface area contributed by atoms with E-state index in [-0.39, 0.29) is 16.0 Å². The topological polar surface area (TPSA) is 76.5 Å². The molecule has 78 valence electrons. The van der Waals surface area contributed by atoms with Crippen LogP contribution in [0.2, 0.25) is 5.02 Å². The lowest BCUT2D eigenvalue weighted by Gasteiger charge is -2.03. The van der Waals surface area contributed by atoms with E-state index in [1.807, 2.05) is 0 Å². The number of rotatable bonds is 0. The van der Waals surface area contributed by atoms with Crippen molar-refractivity contribution in [2.24, 2.45) is 0 Å². The smallest absolute Gasteiger partial charge is 0.363 e. The van der Waals surface area contributed by atoms with Gasteiger partial charge in [0.05, 0.1) is 10.4 Å². The Hall–Kier alpha value is -1.75. The van der Waals surface area contributed by atoms with Gasteiger partial charge >= 0.3 is 5.63 Å². The van der Waals surface area contributed by atoms with Crippen LogP contribution in [-0.4, -0.2) is 5.11 Å². The Bertz CT molecular complexity index is 608. The summed E-state index contributed by atoms with van der Waals surface area (Å²) >= 11 is 5.63. The van der Waals surface area contributed by atoms with Crippen LogP contribution >= 0.6 is 11.6 Å². The highest BCUT2D eigenvalue weighted by Crippen LogP contribution is 2.32. The number of halogens is 2. The van der Waals surface area contributed by atoms with Crippen molar-refractivity contribution in [2.75, 3.05) is 5.73 Å². The predicted molar refractivity (Wildman–Crippen MR) is 53.5 cm³/mol. The van der Waals surface area contributed by atoms with E-state index in [1.54, 1.807) is 0 Å². The lowest BCUT2D eigenvalue weighted by Crippen LogP contribution is -2.06. The lowest BCUT2D eigenvalue weighted by atomic mass is 10.2. The van der Waals surface area contributed by atoms with Crippen LogP contribution < -0.4 is 11.4 Å². The summed E-state index contributed by atoms with van der Waals surface area (Å²) < 4.78 is 17.7. The molecule has 0 fully saturated rings. The third-order valence-electron chi connectivity index (χ3n) is 1.93. The van der Waals surface area contributed by atoms with E-state index in [9.17, 15) is 14.3 Å². The fraction of sp³-hybridized carbons (Fsp3) is 0. The van der Waals surface area contributed by atoms with Crippen LogP contribution in [0, 0.1) is 5.82 Å². The van der Waals surface area contributed by atoms with Crippen LogP contribution in [0.3, 0.4) is 0 Å². The van der Waals surface area contributed by atoms with Gasteiger partial charge in [0.2, 0.25) is 0 Å². The molecule has 1 aromatic heterocycles. The van der Waals surface area contributed by atoms with Crippen LogP contribution in [0.5, 0.6) is 5.75 Å². The van der Waals surface area contributed by atoms with Crippen molar-refractivity contribution >= 4 is 28.3 Å². The van der Waals surface area contributed by atoms with E-state index in [2.05, 4.69) is 0 Å². The Kier molecular flexibility index (Phi) is 2.04. The Morgan fingerprint density at radius 2 is 2.13 bits per heavy atom. The van der Waals surface area contributed by atoms with E-state index in [4.69, 9.17) is 21.8 Å². The molecular weight excluding hydrogens is 225 g/mol. The van der Waals surface area contributed by atoms with Crippen molar-refractivity contribution < 1.29 is 13.9 Å². The van der Waals surface area contributed by atoms with Gasteiger partial charge in [0.1, 0.15) is 5.82 Å². The minimum atomic E-state index is -0.909. The number of aromatic hydroxyl groups is 1. The number of hydrogen-bond acceptors (Lipinski definition) is 4. The molecule has 0 aliphatic heterocycles. The van der Waals surface area contributed by atoms with Gasteiger partial charge in [-0.3, -0.25) is 0 Å². The first-order valence-electron chi connectivity index (χ1n) is 3.91. The zero-order valence-corrected chi connectivity index (χ0v) is 8.01. The molecule has 0 saturated heterocycles. The first-order chi connectivity index (χ1) is 7.00. The summed E-state index contributed by atoms with van der Waals surface area (Å²) in [5.74, 6) is -1.18. The number of fused-ring (bicyclic) bond motifs is 1. The molecule has 0 bridgehead atoms. The molecule has 0 atom stereocenters. The summed E-state index contributed by atoms with van der Waals surface area (Å²) in [4.78, 5) is 11.1. The van der Waals surface area contributed by atoms with Gasteiger partial charge in [0.15, 0.2) is 17.0 Å². The third kappa shape index (κ3) is 1.41. The first kappa shape index (κ1) is 9.79. The van der Waals surface area contributed by atoms with E-state index < -0.39 is 22.9 Å². The summed E-state index contributed by atoms with van der Waals surface area (Å²) in [5.41, 5.74) is 3.76. The number of nitrogens with two attached hydrogens (primary N) is 1. The molecule has 2 aromatic rings. The highest BCUT2D eigenvalue weighted by Gasteiger charge is 2.14. The fourth-order valence-electron chi connectivity index (χ4n) is 1.23. The molecule has 2 rings (SSSR count). The van der Waals surface area contributed by atoms with Gasteiger partial charge < -0.3 is 15.3 Å². The average molecular weight is 230 g/mol. The third-order valence-corrected chi connectivity index (χ3v) is 2.21. The standard InChI is InChI=1S/C9H5ClFNO3/c10-5-2-3(11)1-4-7(13)6(12)9(14)15-8(4)5/h1-2,13H,12H2. The summed E-state index contributed by atoms with van der Waals surface area (Å²) in [7, 11) is 0. The van der Waals surface area contributed by atoms with Crippen molar-refractivity contribution in [1.82, 2.24) is 0 Å². The van der Waals surface area contributed by atoms with E-state index in [1.165, 1.54) is 0 Å². The Labute approximate surface area is 87.7 Å². The first-order valence-corrected chi connectivity index (χ1v) is 4.29. The van der Waals surface area contributed by atoms with Crippen LogP contribution in [0.4, 0.5) is 10.1 Å². The van der Waals surface area contributed by atoms with Gasteiger partial charge in [-0.2, -0.15) is 0 Å². The van der Waals surface area contributed by atoms with Crippen molar-refractivity contribution in [1.29, 1.82) is 0 Å². The molecular formula is C9H5ClFNO3. The predicted octanol–water partition coefficient (Wildman–Crippen LogP) is 1.87. The maximum Gasteiger partial charge on any atom is 0.363 e. The largest absolute Gasteiger partial charge is 0.505 e. The second-order valence-corrected chi connectivity index (χ2v) is 3.32. The molecule has 0 saturated carbocycles. The van der Waals surface area contributed by atoms with Crippen molar-refractivity contribution in [3.63, 3.8) is 0 Å².